The third kappa shape index (κ3) is 11.6. The van der Waals surface area contributed by atoms with Crippen molar-refractivity contribution < 1.29 is 33.4 Å². The van der Waals surface area contributed by atoms with Gasteiger partial charge in [-0.15, -0.1) is 0 Å². The number of unbranched alkanes of at least 4 members (excludes halogenated alkanes) is 1. The van der Waals surface area contributed by atoms with Crippen molar-refractivity contribution in [2.45, 2.75) is 91.0 Å². The lowest BCUT2D eigenvalue weighted by molar-refractivity contribution is -0.145. The molecule has 0 bridgehead atoms. The van der Waals surface area contributed by atoms with Gasteiger partial charge >= 0.3 is 18.0 Å². The number of carbonyl (C=O) groups is 4. The number of esters is 2. The molecule has 2 aromatic carbocycles. The standard InChI is InChI=1S/C34H49N3O7/c1-23(2)22-29(36-28(32(40)43-8)16-12-13-21-35-33(41)44-34(4,5)6)30(38)37(24(3)31(39)42-7)27-19-17-26(18-20-27)25-14-10-9-11-15-25/h9-11,14-15,17-20,23-24,28-29,36H,12-13,16,21-22H2,1-8H3,(H,35,41)/t24-,28-,29-/m0/s1. The van der Waals surface area contributed by atoms with Crippen molar-refractivity contribution in [2.24, 2.45) is 5.92 Å². The van der Waals surface area contributed by atoms with Gasteiger partial charge in [0.15, 0.2) is 0 Å². The van der Waals surface area contributed by atoms with Crippen molar-refractivity contribution in [1.29, 1.82) is 0 Å². The first-order chi connectivity index (χ1) is 20.8. The second-order valence-electron chi connectivity index (χ2n) is 12.2. The summed E-state index contributed by atoms with van der Waals surface area (Å²) in [6.07, 6.45) is 1.46. The molecular weight excluding hydrogens is 562 g/mol. The molecule has 0 saturated heterocycles. The summed E-state index contributed by atoms with van der Waals surface area (Å²) in [5, 5.41) is 5.95. The van der Waals surface area contributed by atoms with E-state index in [-0.39, 0.29) is 11.8 Å². The second kappa shape index (κ2) is 17.4. The Morgan fingerprint density at radius 1 is 0.795 bits per heavy atom. The molecule has 2 amide bonds. The Morgan fingerprint density at radius 2 is 1.39 bits per heavy atom. The fourth-order valence-electron chi connectivity index (χ4n) is 4.77. The number of methoxy groups -OCH3 is 2. The molecule has 0 aliphatic carbocycles. The maximum Gasteiger partial charge on any atom is 0.407 e. The van der Waals surface area contributed by atoms with Crippen LogP contribution >= 0.6 is 0 Å². The van der Waals surface area contributed by atoms with Gasteiger partial charge in [-0.05, 0) is 82.6 Å². The molecule has 0 aliphatic rings. The van der Waals surface area contributed by atoms with E-state index in [0.717, 1.165) is 11.1 Å². The lowest BCUT2D eigenvalue weighted by atomic mass is 9.99. The quantitative estimate of drug-likeness (QED) is 0.154. The maximum absolute atomic E-state index is 14.2. The highest BCUT2D eigenvalue weighted by molar-refractivity contribution is 6.02. The van der Waals surface area contributed by atoms with Crippen LogP contribution in [-0.4, -0.2) is 68.4 Å². The molecule has 10 heteroatoms. The van der Waals surface area contributed by atoms with Crippen LogP contribution in [-0.2, 0) is 28.6 Å². The number of anilines is 1. The maximum atomic E-state index is 14.2. The third-order valence-corrected chi connectivity index (χ3v) is 6.90. The molecule has 0 spiro atoms. The van der Waals surface area contributed by atoms with Gasteiger partial charge in [-0.25, -0.2) is 9.59 Å². The number of alkyl carbamates (subject to hydrolysis) is 1. The zero-order chi connectivity index (χ0) is 32.9. The summed E-state index contributed by atoms with van der Waals surface area (Å²) < 4.78 is 15.3. The molecule has 0 radical (unpaired) electrons. The van der Waals surface area contributed by atoms with E-state index in [1.807, 2.05) is 68.4 Å². The molecule has 0 unspecified atom stereocenters. The van der Waals surface area contributed by atoms with E-state index in [1.54, 1.807) is 27.7 Å². The smallest absolute Gasteiger partial charge is 0.407 e. The summed E-state index contributed by atoms with van der Waals surface area (Å²) >= 11 is 0. The molecule has 2 N–H and O–H groups in total. The molecule has 0 aromatic heterocycles. The molecule has 0 saturated carbocycles. The van der Waals surface area contributed by atoms with Crippen molar-refractivity contribution in [3.63, 3.8) is 0 Å². The minimum Gasteiger partial charge on any atom is -0.468 e. The Morgan fingerprint density at radius 3 is 1.93 bits per heavy atom. The van der Waals surface area contributed by atoms with Crippen LogP contribution in [0.4, 0.5) is 10.5 Å². The van der Waals surface area contributed by atoms with Crippen molar-refractivity contribution in [3.8, 4) is 11.1 Å². The SMILES string of the molecule is COC(=O)[C@H](CCCCNC(=O)OC(C)(C)C)N[C@@H](CC(C)C)C(=O)N(c1ccc(-c2ccccc2)cc1)[C@@H](C)C(=O)OC. The Hall–Kier alpha value is -3.92. The van der Waals surface area contributed by atoms with E-state index in [9.17, 15) is 19.2 Å². The van der Waals surface area contributed by atoms with E-state index in [0.29, 0.717) is 37.9 Å². The molecule has 2 rings (SSSR count). The van der Waals surface area contributed by atoms with E-state index in [1.165, 1.54) is 19.1 Å². The van der Waals surface area contributed by atoms with Crippen LogP contribution in [0.5, 0.6) is 0 Å². The number of nitrogens with zero attached hydrogens (tertiary/aromatic N) is 1. The lowest BCUT2D eigenvalue weighted by Crippen LogP contribution is -2.56. The number of benzene rings is 2. The van der Waals surface area contributed by atoms with Gasteiger partial charge in [0.2, 0.25) is 5.91 Å². The molecule has 0 aliphatic heterocycles. The number of rotatable bonds is 15. The zero-order valence-corrected chi connectivity index (χ0v) is 27.3. The zero-order valence-electron chi connectivity index (χ0n) is 27.3. The van der Waals surface area contributed by atoms with Gasteiger partial charge in [0.25, 0.3) is 0 Å². The normalized spacial score (nSPS) is 13.4. The topological polar surface area (TPSA) is 123 Å². The first-order valence-corrected chi connectivity index (χ1v) is 15.1. The van der Waals surface area contributed by atoms with Crippen LogP contribution in [0.3, 0.4) is 0 Å². The van der Waals surface area contributed by atoms with E-state index >= 15 is 0 Å². The van der Waals surface area contributed by atoms with E-state index in [4.69, 9.17) is 14.2 Å². The van der Waals surface area contributed by atoms with Crippen LogP contribution in [0.15, 0.2) is 54.6 Å². The monoisotopic (exact) mass is 611 g/mol. The third-order valence-electron chi connectivity index (χ3n) is 6.90. The molecule has 10 nitrogen and oxygen atoms in total. The van der Waals surface area contributed by atoms with Crippen molar-refractivity contribution in [1.82, 2.24) is 10.6 Å². The van der Waals surface area contributed by atoms with Crippen LogP contribution in [0.2, 0.25) is 0 Å². The second-order valence-corrected chi connectivity index (χ2v) is 12.2. The number of amides is 2. The number of hydrogen-bond donors (Lipinski definition) is 2. The Balaban J connectivity index is 2.26. The average Bonchev–Trinajstić information content (AvgIpc) is 2.98. The predicted molar refractivity (Wildman–Crippen MR) is 171 cm³/mol. The largest absolute Gasteiger partial charge is 0.468 e. The number of hydrogen-bond acceptors (Lipinski definition) is 8. The predicted octanol–water partition coefficient (Wildman–Crippen LogP) is 5.49. The fraction of sp³-hybridized carbons (Fsp3) is 0.529. The Kier molecular flexibility index (Phi) is 14.3. The number of carbonyl (C=O) groups excluding carboxylic acids is 4. The van der Waals surface area contributed by atoms with Gasteiger partial charge in [-0.1, -0.05) is 56.3 Å². The summed E-state index contributed by atoms with van der Waals surface area (Å²) in [5.74, 6) is -1.31. The van der Waals surface area contributed by atoms with E-state index in [2.05, 4.69) is 10.6 Å². The summed E-state index contributed by atoms with van der Waals surface area (Å²) in [5.41, 5.74) is 1.94. The molecule has 44 heavy (non-hydrogen) atoms. The first-order valence-electron chi connectivity index (χ1n) is 15.1. The molecule has 3 atom stereocenters. The molecular formula is C34H49N3O7. The minimum absolute atomic E-state index is 0.100. The van der Waals surface area contributed by atoms with Crippen LogP contribution in [0.25, 0.3) is 11.1 Å². The highest BCUT2D eigenvalue weighted by Gasteiger charge is 2.35. The minimum atomic E-state index is -0.915. The number of nitrogens with one attached hydrogen (secondary N) is 2. The summed E-state index contributed by atoms with van der Waals surface area (Å²) in [6, 6.07) is 14.8. The first kappa shape index (κ1) is 36.3. The van der Waals surface area contributed by atoms with Crippen LogP contribution < -0.4 is 15.5 Å². The van der Waals surface area contributed by atoms with Crippen LogP contribution in [0.1, 0.15) is 67.2 Å². The molecule has 0 heterocycles. The van der Waals surface area contributed by atoms with Gasteiger partial charge in [-0.3, -0.25) is 19.8 Å². The summed E-state index contributed by atoms with van der Waals surface area (Å²) in [6.45, 7) is 11.3. The average molecular weight is 612 g/mol. The van der Waals surface area contributed by atoms with E-state index < -0.39 is 41.8 Å². The fourth-order valence-corrected chi connectivity index (χ4v) is 4.77. The van der Waals surface area contributed by atoms with Crippen molar-refractivity contribution in [2.75, 3.05) is 25.7 Å². The van der Waals surface area contributed by atoms with Gasteiger partial charge < -0.3 is 19.5 Å². The Labute approximate surface area is 261 Å². The molecule has 242 valence electrons. The van der Waals surface area contributed by atoms with Gasteiger partial charge in [0.05, 0.1) is 20.3 Å². The van der Waals surface area contributed by atoms with Crippen molar-refractivity contribution >= 4 is 29.6 Å². The number of ether oxygens (including phenoxy) is 3. The summed E-state index contributed by atoms with van der Waals surface area (Å²) in [7, 11) is 2.59. The molecule has 0 fully saturated rings. The molecule has 2 aromatic rings. The van der Waals surface area contributed by atoms with Gasteiger partial charge in [0.1, 0.15) is 17.7 Å². The highest BCUT2D eigenvalue weighted by atomic mass is 16.6. The van der Waals surface area contributed by atoms with Crippen molar-refractivity contribution in [3.05, 3.63) is 54.6 Å². The van der Waals surface area contributed by atoms with Crippen LogP contribution in [0, 0.1) is 5.92 Å². The van der Waals surface area contributed by atoms with Gasteiger partial charge in [-0.2, -0.15) is 0 Å². The highest BCUT2D eigenvalue weighted by Crippen LogP contribution is 2.26. The van der Waals surface area contributed by atoms with Gasteiger partial charge in [0, 0.05) is 12.2 Å². The Bertz CT molecular complexity index is 1210. The summed E-state index contributed by atoms with van der Waals surface area (Å²) in [4.78, 5) is 53.1. The lowest BCUT2D eigenvalue weighted by Gasteiger charge is -2.33.